The molecule has 0 aliphatic carbocycles. The fourth-order valence-corrected chi connectivity index (χ4v) is 1.96. The van der Waals surface area contributed by atoms with Crippen LogP contribution in [0, 0.1) is 0 Å². The highest BCUT2D eigenvalue weighted by molar-refractivity contribution is 5.26. The van der Waals surface area contributed by atoms with Gasteiger partial charge in [-0.05, 0) is 6.07 Å². The molecule has 4 heteroatoms. The quantitative estimate of drug-likeness (QED) is 0.804. The highest BCUT2D eigenvalue weighted by Crippen LogP contribution is 2.32. The van der Waals surface area contributed by atoms with Crippen LogP contribution in [0.2, 0.25) is 0 Å². The summed E-state index contributed by atoms with van der Waals surface area (Å²) >= 11 is 0. The third kappa shape index (κ3) is 2.12. The molecular weight excluding hydrogens is 232 g/mol. The van der Waals surface area contributed by atoms with Gasteiger partial charge in [0.25, 0.3) is 0 Å². The van der Waals surface area contributed by atoms with Crippen LogP contribution in [0.15, 0.2) is 48.9 Å². The summed E-state index contributed by atoms with van der Waals surface area (Å²) in [6.07, 6.45) is -0.774. The Morgan fingerprint density at radius 3 is 1.78 bits per heavy atom. The first kappa shape index (κ1) is 11.3. The van der Waals surface area contributed by atoms with Crippen molar-refractivity contribution < 1.29 is 18.9 Å². The second-order valence-electron chi connectivity index (χ2n) is 4.27. The normalized spacial score (nSPS) is 27.1. The molecule has 1 aromatic carbocycles. The molecule has 2 aliphatic heterocycles. The van der Waals surface area contributed by atoms with Gasteiger partial charge < -0.3 is 18.9 Å². The Morgan fingerprint density at radius 1 is 0.889 bits per heavy atom. The average molecular weight is 246 g/mol. The average Bonchev–Trinajstić information content (AvgIpc) is 2.98. The van der Waals surface area contributed by atoms with Crippen LogP contribution in [0.5, 0.6) is 0 Å². The van der Waals surface area contributed by atoms with Gasteiger partial charge in [-0.3, -0.25) is 0 Å². The number of rotatable bonds is 2. The van der Waals surface area contributed by atoms with Gasteiger partial charge in [0.15, 0.2) is 0 Å². The van der Waals surface area contributed by atoms with Crippen LogP contribution < -0.4 is 0 Å². The van der Waals surface area contributed by atoms with Gasteiger partial charge in [-0.25, -0.2) is 0 Å². The Morgan fingerprint density at radius 2 is 1.39 bits per heavy atom. The van der Waals surface area contributed by atoms with Gasteiger partial charge in [-0.2, -0.15) is 0 Å². The monoisotopic (exact) mass is 246 g/mol. The van der Waals surface area contributed by atoms with Gasteiger partial charge in [0, 0.05) is 11.1 Å². The zero-order valence-electron chi connectivity index (χ0n) is 9.93. The van der Waals surface area contributed by atoms with E-state index in [1.807, 2.05) is 24.3 Å². The van der Waals surface area contributed by atoms with E-state index >= 15 is 0 Å². The van der Waals surface area contributed by atoms with E-state index in [-0.39, 0.29) is 12.6 Å². The highest BCUT2D eigenvalue weighted by Gasteiger charge is 2.25. The van der Waals surface area contributed by atoms with Gasteiger partial charge >= 0.3 is 0 Å². The molecule has 1 aromatic rings. The second kappa shape index (κ2) is 4.48. The standard InChI is InChI=1S/C14H14O4/c1-9-7-15-13(17-9)11-4-3-5-12(6-11)14-16-8-10(2)18-14/h3-6,13-14H,1-2,7-8H2. The van der Waals surface area contributed by atoms with Crippen LogP contribution in [0.4, 0.5) is 0 Å². The summed E-state index contributed by atoms with van der Waals surface area (Å²) in [4.78, 5) is 0. The number of ether oxygens (including phenoxy) is 4. The maximum Gasteiger partial charge on any atom is 0.226 e. The maximum atomic E-state index is 5.47. The van der Waals surface area contributed by atoms with Gasteiger partial charge in [0.1, 0.15) is 24.7 Å². The summed E-state index contributed by atoms with van der Waals surface area (Å²) in [6, 6.07) is 7.76. The van der Waals surface area contributed by atoms with Crippen LogP contribution in [0.3, 0.4) is 0 Å². The van der Waals surface area contributed by atoms with Gasteiger partial charge in [0.2, 0.25) is 12.6 Å². The number of hydrogen-bond donors (Lipinski definition) is 0. The molecule has 0 radical (unpaired) electrons. The largest absolute Gasteiger partial charge is 0.463 e. The van der Waals surface area contributed by atoms with Crippen molar-refractivity contribution in [3.63, 3.8) is 0 Å². The predicted molar refractivity (Wildman–Crippen MR) is 64.3 cm³/mol. The summed E-state index contributed by atoms with van der Waals surface area (Å²) in [7, 11) is 0. The van der Waals surface area contributed by atoms with E-state index < -0.39 is 0 Å². The molecule has 2 fully saturated rings. The Labute approximate surface area is 105 Å². The fourth-order valence-electron chi connectivity index (χ4n) is 1.96. The minimum Gasteiger partial charge on any atom is -0.463 e. The topological polar surface area (TPSA) is 36.9 Å². The van der Waals surface area contributed by atoms with E-state index in [1.54, 1.807) is 0 Å². The number of benzene rings is 1. The molecule has 0 aromatic heterocycles. The molecule has 2 unspecified atom stereocenters. The van der Waals surface area contributed by atoms with Crippen molar-refractivity contribution in [1.82, 2.24) is 0 Å². The molecule has 0 bridgehead atoms. The molecule has 2 atom stereocenters. The van der Waals surface area contributed by atoms with E-state index in [2.05, 4.69) is 13.2 Å². The van der Waals surface area contributed by atoms with E-state index in [4.69, 9.17) is 18.9 Å². The number of hydrogen-bond acceptors (Lipinski definition) is 4. The first-order chi connectivity index (χ1) is 8.72. The lowest BCUT2D eigenvalue weighted by Crippen LogP contribution is -2.02. The van der Waals surface area contributed by atoms with Crippen LogP contribution >= 0.6 is 0 Å². The van der Waals surface area contributed by atoms with Gasteiger partial charge in [0.05, 0.1) is 0 Å². The van der Waals surface area contributed by atoms with Crippen molar-refractivity contribution in [3.8, 4) is 0 Å². The van der Waals surface area contributed by atoms with Crippen LogP contribution in [0.25, 0.3) is 0 Å². The molecule has 94 valence electrons. The van der Waals surface area contributed by atoms with Crippen molar-refractivity contribution in [2.24, 2.45) is 0 Å². The third-order valence-electron chi connectivity index (χ3n) is 2.79. The Hall–Kier alpha value is -1.78. The van der Waals surface area contributed by atoms with Crippen LogP contribution in [-0.4, -0.2) is 13.2 Å². The smallest absolute Gasteiger partial charge is 0.226 e. The lowest BCUT2D eigenvalue weighted by atomic mass is 10.1. The molecule has 0 N–H and O–H groups in total. The fraction of sp³-hybridized carbons (Fsp3) is 0.286. The van der Waals surface area contributed by atoms with E-state index in [0.29, 0.717) is 24.7 Å². The molecule has 2 saturated heterocycles. The van der Waals surface area contributed by atoms with E-state index in [0.717, 1.165) is 11.1 Å². The molecule has 2 heterocycles. The SMILES string of the molecule is C=C1COC(c2cccc(C3OCC(=C)O3)c2)O1. The predicted octanol–water partition coefficient (Wildman–Crippen LogP) is 2.80. The molecule has 2 aliphatic rings. The first-order valence-electron chi connectivity index (χ1n) is 5.74. The molecule has 0 amide bonds. The molecule has 4 nitrogen and oxygen atoms in total. The summed E-state index contributed by atoms with van der Waals surface area (Å²) in [5.74, 6) is 1.29. The lowest BCUT2D eigenvalue weighted by Gasteiger charge is -2.14. The van der Waals surface area contributed by atoms with Crippen molar-refractivity contribution in [2.75, 3.05) is 13.2 Å². The minimum absolute atomic E-state index is 0.387. The van der Waals surface area contributed by atoms with Crippen molar-refractivity contribution in [3.05, 3.63) is 60.1 Å². The van der Waals surface area contributed by atoms with E-state index in [1.165, 1.54) is 0 Å². The summed E-state index contributed by atoms with van der Waals surface area (Å²) in [5.41, 5.74) is 1.85. The molecule has 0 spiro atoms. The van der Waals surface area contributed by atoms with Crippen molar-refractivity contribution in [1.29, 1.82) is 0 Å². The zero-order chi connectivity index (χ0) is 12.5. The summed E-state index contributed by atoms with van der Waals surface area (Å²) < 4.78 is 21.9. The van der Waals surface area contributed by atoms with Gasteiger partial charge in [-0.1, -0.05) is 31.4 Å². The summed E-state index contributed by atoms with van der Waals surface area (Å²) in [5, 5.41) is 0. The van der Waals surface area contributed by atoms with Gasteiger partial charge in [-0.15, -0.1) is 0 Å². The van der Waals surface area contributed by atoms with Crippen molar-refractivity contribution >= 4 is 0 Å². The summed E-state index contributed by atoms with van der Waals surface area (Å²) in [6.45, 7) is 8.33. The first-order valence-corrected chi connectivity index (χ1v) is 5.74. The highest BCUT2D eigenvalue weighted by atomic mass is 16.7. The third-order valence-corrected chi connectivity index (χ3v) is 2.79. The zero-order valence-corrected chi connectivity index (χ0v) is 9.93. The Balaban J connectivity index is 1.80. The second-order valence-corrected chi connectivity index (χ2v) is 4.27. The molecular formula is C14H14O4. The lowest BCUT2D eigenvalue weighted by molar-refractivity contribution is -0.0391. The molecule has 0 saturated carbocycles. The maximum absolute atomic E-state index is 5.47. The minimum atomic E-state index is -0.387. The van der Waals surface area contributed by atoms with Crippen LogP contribution in [-0.2, 0) is 18.9 Å². The van der Waals surface area contributed by atoms with Crippen molar-refractivity contribution in [2.45, 2.75) is 12.6 Å². The Kier molecular flexibility index (Phi) is 2.81. The molecule has 3 rings (SSSR count). The van der Waals surface area contributed by atoms with E-state index in [9.17, 15) is 0 Å². The Bertz CT molecular complexity index is 453. The van der Waals surface area contributed by atoms with Crippen LogP contribution in [0.1, 0.15) is 23.7 Å². The molecule has 18 heavy (non-hydrogen) atoms.